The predicted molar refractivity (Wildman–Crippen MR) is 104 cm³/mol. The van der Waals surface area contributed by atoms with Crippen LogP contribution in [0.3, 0.4) is 0 Å². The SMILES string of the molecule is Cc1ccc(-c2nc(Nc3cccc(Cl)c3)c3ccccc3n2)cc1. The van der Waals surface area contributed by atoms with Crippen LogP contribution in [0, 0.1) is 6.92 Å². The zero-order valence-electron chi connectivity index (χ0n) is 13.7. The Morgan fingerprint density at radius 3 is 2.44 bits per heavy atom. The third-order valence-corrected chi connectivity index (χ3v) is 4.24. The van der Waals surface area contributed by atoms with Crippen molar-refractivity contribution in [3.05, 3.63) is 83.4 Å². The molecular weight excluding hydrogens is 330 g/mol. The van der Waals surface area contributed by atoms with E-state index >= 15 is 0 Å². The number of anilines is 2. The van der Waals surface area contributed by atoms with E-state index in [2.05, 4.69) is 24.4 Å². The Balaban J connectivity index is 1.85. The van der Waals surface area contributed by atoms with Crippen LogP contribution in [0.2, 0.25) is 5.02 Å². The van der Waals surface area contributed by atoms with Gasteiger partial charge in [0.1, 0.15) is 5.82 Å². The van der Waals surface area contributed by atoms with Gasteiger partial charge in [0.15, 0.2) is 5.82 Å². The smallest absolute Gasteiger partial charge is 0.162 e. The van der Waals surface area contributed by atoms with Crippen LogP contribution in [-0.2, 0) is 0 Å². The molecule has 25 heavy (non-hydrogen) atoms. The average molecular weight is 346 g/mol. The van der Waals surface area contributed by atoms with Crippen molar-refractivity contribution < 1.29 is 0 Å². The van der Waals surface area contributed by atoms with Crippen LogP contribution < -0.4 is 5.32 Å². The van der Waals surface area contributed by atoms with Crippen molar-refractivity contribution in [2.75, 3.05) is 5.32 Å². The highest BCUT2D eigenvalue weighted by Crippen LogP contribution is 2.28. The topological polar surface area (TPSA) is 37.8 Å². The van der Waals surface area contributed by atoms with E-state index in [-0.39, 0.29) is 0 Å². The summed E-state index contributed by atoms with van der Waals surface area (Å²) in [5.41, 5.74) is 4.00. The summed E-state index contributed by atoms with van der Waals surface area (Å²) < 4.78 is 0. The number of rotatable bonds is 3. The van der Waals surface area contributed by atoms with Gasteiger partial charge in [0.2, 0.25) is 0 Å². The largest absolute Gasteiger partial charge is 0.340 e. The first-order valence-corrected chi connectivity index (χ1v) is 8.43. The average Bonchev–Trinajstić information content (AvgIpc) is 2.62. The molecule has 3 nitrogen and oxygen atoms in total. The van der Waals surface area contributed by atoms with Gasteiger partial charge in [-0.15, -0.1) is 0 Å². The second kappa shape index (κ2) is 6.54. The minimum absolute atomic E-state index is 0.683. The van der Waals surface area contributed by atoms with Crippen LogP contribution in [0.1, 0.15) is 5.56 Å². The van der Waals surface area contributed by atoms with Gasteiger partial charge in [0.05, 0.1) is 5.52 Å². The Labute approximate surface area is 151 Å². The molecule has 4 heteroatoms. The quantitative estimate of drug-likeness (QED) is 0.494. The highest BCUT2D eigenvalue weighted by Gasteiger charge is 2.09. The molecule has 0 radical (unpaired) electrons. The molecule has 0 spiro atoms. The number of hydrogen-bond acceptors (Lipinski definition) is 3. The molecule has 0 saturated heterocycles. The van der Waals surface area contributed by atoms with E-state index < -0.39 is 0 Å². The summed E-state index contributed by atoms with van der Waals surface area (Å²) in [6, 6.07) is 23.8. The molecule has 0 aliphatic carbocycles. The molecule has 4 rings (SSSR count). The number of benzene rings is 3. The maximum Gasteiger partial charge on any atom is 0.162 e. The molecule has 122 valence electrons. The fourth-order valence-electron chi connectivity index (χ4n) is 2.71. The van der Waals surface area contributed by atoms with Crippen molar-refractivity contribution in [1.82, 2.24) is 9.97 Å². The Kier molecular flexibility index (Phi) is 4.08. The summed E-state index contributed by atoms with van der Waals surface area (Å²) in [6.07, 6.45) is 0. The van der Waals surface area contributed by atoms with Gasteiger partial charge >= 0.3 is 0 Å². The molecule has 0 atom stereocenters. The normalized spacial score (nSPS) is 10.8. The van der Waals surface area contributed by atoms with Gasteiger partial charge in [-0.1, -0.05) is 59.6 Å². The lowest BCUT2D eigenvalue weighted by molar-refractivity contribution is 1.22. The number of nitrogens with one attached hydrogen (secondary N) is 1. The van der Waals surface area contributed by atoms with Crippen LogP contribution in [0.25, 0.3) is 22.3 Å². The van der Waals surface area contributed by atoms with Gasteiger partial charge in [-0.2, -0.15) is 0 Å². The fourth-order valence-corrected chi connectivity index (χ4v) is 2.90. The number of aryl methyl sites for hydroxylation is 1. The molecule has 0 bridgehead atoms. The summed E-state index contributed by atoms with van der Waals surface area (Å²) in [5, 5.41) is 5.03. The molecule has 0 amide bonds. The molecule has 0 aliphatic heterocycles. The first-order valence-electron chi connectivity index (χ1n) is 8.05. The van der Waals surface area contributed by atoms with Gasteiger partial charge in [-0.3, -0.25) is 0 Å². The minimum Gasteiger partial charge on any atom is -0.340 e. The van der Waals surface area contributed by atoms with Crippen molar-refractivity contribution >= 4 is 34.0 Å². The standard InChI is InChI=1S/C21H16ClN3/c1-14-9-11-15(12-10-14)20-24-19-8-3-2-7-18(19)21(25-20)23-17-6-4-5-16(22)13-17/h2-13H,1H3,(H,23,24,25). The number of nitrogens with zero attached hydrogens (tertiary/aromatic N) is 2. The lowest BCUT2D eigenvalue weighted by atomic mass is 10.1. The number of fused-ring (bicyclic) bond motifs is 1. The Morgan fingerprint density at radius 1 is 0.840 bits per heavy atom. The predicted octanol–water partition coefficient (Wildman–Crippen LogP) is 6.00. The summed E-state index contributed by atoms with van der Waals surface area (Å²) in [6.45, 7) is 2.07. The van der Waals surface area contributed by atoms with Gasteiger partial charge in [0, 0.05) is 21.7 Å². The second-order valence-electron chi connectivity index (χ2n) is 5.91. The van der Waals surface area contributed by atoms with E-state index in [4.69, 9.17) is 21.6 Å². The molecule has 0 unspecified atom stereocenters. The lowest BCUT2D eigenvalue weighted by Gasteiger charge is -2.11. The molecule has 1 N–H and O–H groups in total. The van der Waals surface area contributed by atoms with Crippen LogP contribution in [0.4, 0.5) is 11.5 Å². The zero-order valence-corrected chi connectivity index (χ0v) is 14.5. The lowest BCUT2D eigenvalue weighted by Crippen LogP contribution is -1.99. The molecule has 0 aliphatic rings. The van der Waals surface area contributed by atoms with Crippen molar-refractivity contribution in [3.8, 4) is 11.4 Å². The van der Waals surface area contributed by atoms with Crippen LogP contribution in [0.15, 0.2) is 72.8 Å². The van der Waals surface area contributed by atoms with Crippen LogP contribution >= 0.6 is 11.6 Å². The van der Waals surface area contributed by atoms with E-state index in [9.17, 15) is 0 Å². The van der Waals surface area contributed by atoms with E-state index in [1.807, 2.05) is 60.7 Å². The Bertz CT molecular complexity index is 1040. The van der Waals surface area contributed by atoms with E-state index in [1.165, 1.54) is 5.56 Å². The van der Waals surface area contributed by atoms with Gasteiger partial charge < -0.3 is 5.32 Å². The van der Waals surface area contributed by atoms with Crippen molar-refractivity contribution in [2.24, 2.45) is 0 Å². The Hall–Kier alpha value is -2.91. The van der Waals surface area contributed by atoms with Crippen LogP contribution in [-0.4, -0.2) is 9.97 Å². The first kappa shape index (κ1) is 15.6. The maximum atomic E-state index is 6.10. The van der Waals surface area contributed by atoms with Crippen LogP contribution in [0.5, 0.6) is 0 Å². The highest BCUT2D eigenvalue weighted by molar-refractivity contribution is 6.30. The third-order valence-electron chi connectivity index (χ3n) is 4.00. The molecule has 1 aromatic heterocycles. The van der Waals surface area contributed by atoms with Gasteiger partial charge in [-0.05, 0) is 37.3 Å². The molecule has 1 heterocycles. The molecule has 0 fully saturated rings. The highest BCUT2D eigenvalue weighted by atomic mass is 35.5. The van der Waals surface area contributed by atoms with Crippen molar-refractivity contribution in [3.63, 3.8) is 0 Å². The summed E-state index contributed by atoms with van der Waals surface area (Å²) in [4.78, 5) is 9.48. The third kappa shape index (κ3) is 3.32. The number of halogens is 1. The maximum absolute atomic E-state index is 6.10. The number of para-hydroxylation sites is 1. The molecule has 0 saturated carbocycles. The van der Waals surface area contributed by atoms with Crippen molar-refractivity contribution in [2.45, 2.75) is 6.92 Å². The molecule has 4 aromatic rings. The molecular formula is C21H16ClN3. The van der Waals surface area contributed by atoms with E-state index in [0.717, 1.165) is 28.0 Å². The first-order chi connectivity index (χ1) is 12.2. The second-order valence-corrected chi connectivity index (χ2v) is 6.35. The summed E-state index contributed by atoms with van der Waals surface area (Å²) in [5.74, 6) is 1.46. The number of hydrogen-bond donors (Lipinski definition) is 1. The van der Waals surface area contributed by atoms with Crippen molar-refractivity contribution in [1.29, 1.82) is 0 Å². The summed E-state index contributed by atoms with van der Waals surface area (Å²) in [7, 11) is 0. The minimum atomic E-state index is 0.683. The zero-order chi connectivity index (χ0) is 17.2. The molecule has 3 aromatic carbocycles. The van der Waals surface area contributed by atoms with E-state index in [0.29, 0.717) is 10.8 Å². The Morgan fingerprint density at radius 2 is 1.64 bits per heavy atom. The number of aromatic nitrogens is 2. The monoisotopic (exact) mass is 345 g/mol. The fraction of sp³-hybridized carbons (Fsp3) is 0.0476. The van der Waals surface area contributed by atoms with Gasteiger partial charge in [0.25, 0.3) is 0 Å². The summed E-state index contributed by atoms with van der Waals surface area (Å²) >= 11 is 6.10. The van der Waals surface area contributed by atoms with Gasteiger partial charge in [-0.25, -0.2) is 9.97 Å². The van der Waals surface area contributed by atoms with E-state index in [1.54, 1.807) is 0 Å².